The van der Waals surface area contributed by atoms with Gasteiger partial charge in [0.25, 0.3) is 0 Å². The van der Waals surface area contributed by atoms with Gasteiger partial charge in [0.2, 0.25) is 0 Å². The smallest absolute Gasteiger partial charge is 0.320 e. The van der Waals surface area contributed by atoms with E-state index in [2.05, 4.69) is 22.4 Å². The van der Waals surface area contributed by atoms with E-state index in [1.807, 2.05) is 7.98 Å². The minimum absolute atomic E-state index is 0.0291. The Labute approximate surface area is 97.0 Å². The predicted octanol–water partition coefficient (Wildman–Crippen LogP) is -0.102. The van der Waals surface area contributed by atoms with Crippen molar-refractivity contribution < 1.29 is 4.79 Å². The Morgan fingerprint density at radius 1 is 1.31 bits per heavy atom. The molecule has 2 amide bonds. The zero-order valence-corrected chi connectivity index (χ0v) is 9.68. The van der Waals surface area contributed by atoms with Crippen molar-refractivity contribution >= 4 is 19.8 Å². The maximum Gasteiger partial charge on any atom is 0.320 e. The van der Waals surface area contributed by atoms with Crippen molar-refractivity contribution in [3.05, 3.63) is 12.7 Å². The molecular formula is C10H19BN4O. The quantitative estimate of drug-likeness (QED) is 0.305. The van der Waals surface area contributed by atoms with Crippen molar-refractivity contribution in [2.75, 3.05) is 0 Å². The van der Waals surface area contributed by atoms with E-state index < -0.39 is 0 Å². The van der Waals surface area contributed by atoms with Gasteiger partial charge in [-0.15, -0.1) is 0 Å². The molecule has 1 aliphatic carbocycles. The van der Waals surface area contributed by atoms with Crippen LogP contribution in [0.15, 0.2) is 12.7 Å². The molecule has 0 aromatic heterocycles. The minimum Gasteiger partial charge on any atom is -0.359 e. The molecule has 0 bridgehead atoms. The first-order chi connectivity index (χ1) is 7.65. The summed E-state index contributed by atoms with van der Waals surface area (Å²) in [6.45, 7) is 3.41. The molecule has 0 saturated heterocycles. The Morgan fingerprint density at radius 2 is 1.88 bits per heavy atom. The number of urea groups is 1. The van der Waals surface area contributed by atoms with Gasteiger partial charge in [-0.25, -0.2) is 4.79 Å². The van der Waals surface area contributed by atoms with Gasteiger partial charge in [0.05, 0.1) is 0 Å². The second kappa shape index (κ2) is 6.32. The zero-order chi connectivity index (χ0) is 12.0. The number of rotatable bonds is 3. The third kappa shape index (κ3) is 4.06. The largest absolute Gasteiger partial charge is 0.359 e. The van der Waals surface area contributed by atoms with E-state index in [0.29, 0.717) is 6.04 Å². The van der Waals surface area contributed by atoms with Crippen LogP contribution in [0.25, 0.3) is 0 Å². The lowest BCUT2D eigenvalue weighted by atomic mass is 9.90. The number of amides is 2. The molecule has 0 atom stereocenters. The van der Waals surface area contributed by atoms with Gasteiger partial charge in [-0.1, -0.05) is 6.58 Å². The second-order valence-corrected chi connectivity index (χ2v) is 4.05. The number of hydrogen-bond acceptors (Lipinski definition) is 3. The van der Waals surface area contributed by atoms with Crippen LogP contribution in [0, 0.1) is 5.41 Å². The van der Waals surface area contributed by atoms with Crippen LogP contribution in [0.2, 0.25) is 0 Å². The first-order valence-electron chi connectivity index (χ1n) is 5.61. The summed E-state index contributed by atoms with van der Waals surface area (Å²) < 4.78 is 0. The van der Waals surface area contributed by atoms with Gasteiger partial charge in [0.1, 0.15) is 5.84 Å². The van der Waals surface area contributed by atoms with Crippen LogP contribution in [0.4, 0.5) is 4.79 Å². The van der Waals surface area contributed by atoms with E-state index in [1.165, 1.54) is 6.08 Å². The highest BCUT2D eigenvalue weighted by Gasteiger charge is 2.20. The lowest BCUT2D eigenvalue weighted by Gasteiger charge is -2.28. The molecule has 1 aliphatic rings. The zero-order valence-electron chi connectivity index (χ0n) is 9.68. The Bertz CT molecular complexity index is 274. The van der Waals surface area contributed by atoms with Gasteiger partial charge >= 0.3 is 6.03 Å². The van der Waals surface area contributed by atoms with Gasteiger partial charge in [-0.3, -0.25) is 10.7 Å². The highest BCUT2D eigenvalue weighted by atomic mass is 16.2. The van der Waals surface area contributed by atoms with E-state index in [0.717, 1.165) is 25.7 Å². The molecule has 0 radical (unpaired) electrons. The number of nitrogens with one attached hydrogen (secondary N) is 4. The van der Waals surface area contributed by atoms with Gasteiger partial charge < -0.3 is 10.5 Å². The summed E-state index contributed by atoms with van der Waals surface area (Å²) in [6.07, 6.45) is 5.44. The molecule has 0 aromatic carbocycles. The standard InChI is InChI=1S/C10H19BN4O/c1-2-9(12)14-10(16)13-7-3-5-8(15-11)6-4-7/h2,7-8,15H,1,3-6,11H2,(H3,12,13,14,16). The number of carbonyl (C=O) groups excluding carboxylic acids is 1. The number of carbonyl (C=O) groups is 1. The first kappa shape index (κ1) is 12.8. The molecule has 1 rings (SSSR count). The average Bonchev–Trinajstić information content (AvgIpc) is 2.29. The van der Waals surface area contributed by atoms with E-state index >= 15 is 0 Å². The van der Waals surface area contributed by atoms with Crippen molar-refractivity contribution in [1.29, 1.82) is 5.41 Å². The Morgan fingerprint density at radius 3 is 2.38 bits per heavy atom. The molecule has 1 fully saturated rings. The average molecular weight is 222 g/mol. The van der Waals surface area contributed by atoms with Crippen LogP contribution in [-0.2, 0) is 0 Å². The maximum atomic E-state index is 11.4. The van der Waals surface area contributed by atoms with Crippen molar-refractivity contribution in [2.45, 2.75) is 37.8 Å². The summed E-state index contributed by atoms with van der Waals surface area (Å²) in [5.41, 5.74) is 0. The second-order valence-electron chi connectivity index (χ2n) is 4.05. The number of hydrogen-bond donors (Lipinski definition) is 4. The summed E-state index contributed by atoms with van der Waals surface area (Å²) in [5.74, 6) is 0.0291. The fourth-order valence-corrected chi connectivity index (χ4v) is 1.92. The molecule has 0 spiro atoms. The summed E-state index contributed by atoms with van der Waals surface area (Å²) in [5, 5.41) is 15.8. The molecule has 1 saturated carbocycles. The monoisotopic (exact) mass is 222 g/mol. The topological polar surface area (TPSA) is 77.0 Å². The van der Waals surface area contributed by atoms with Crippen molar-refractivity contribution in [1.82, 2.24) is 15.9 Å². The molecule has 88 valence electrons. The summed E-state index contributed by atoms with van der Waals surface area (Å²) in [7, 11) is 1.97. The lowest BCUT2D eigenvalue weighted by molar-refractivity contribution is 0.235. The molecule has 6 heteroatoms. The Balaban J connectivity index is 2.25. The first-order valence-corrected chi connectivity index (χ1v) is 5.61. The minimum atomic E-state index is -0.308. The molecule has 0 aliphatic heterocycles. The van der Waals surface area contributed by atoms with E-state index in [1.54, 1.807) is 0 Å². The summed E-state index contributed by atoms with van der Waals surface area (Å²) in [6, 6.07) is 0.493. The Hall–Kier alpha value is -1.30. The van der Waals surface area contributed by atoms with Crippen LogP contribution in [0.5, 0.6) is 0 Å². The van der Waals surface area contributed by atoms with Crippen molar-refractivity contribution in [3.63, 3.8) is 0 Å². The third-order valence-corrected chi connectivity index (χ3v) is 2.92. The van der Waals surface area contributed by atoms with Crippen LogP contribution >= 0.6 is 0 Å². The predicted molar refractivity (Wildman–Crippen MR) is 67.3 cm³/mol. The van der Waals surface area contributed by atoms with E-state index in [-0.39, 0.29) is 17.9 Å². The molecular weight excluding hydrogens is 203 g/mol. The van der Waals surface area contributed by atoms with Gasteiger partial charge in [-0.2, -0.15) is 0 Å². The molecule has 16 heavy (non-hydrogen) atoms. The van der Waals surface area contributed by atoms with Crippen molar-refractivity contribution in [2.24, 2.45) is 0 Å². The molecule has 5 nitrogen and oxygen atoms in total. The van der Waals surface area contributed by atoms with Gasteiger partial charge in [-0.05, 0) is 37.8 Å². The van der Waals surface area contributed by atoms with E-state index in [4.69, 9.17) is 5.41 Å². The van der Waals surface area contributed by atoms with Crippen LogP contribution in [-0.4, -0.2) is 31.9 Å². The summed E-state index contributed by atoms with van der Waals surface area (Å²) >= 11 is 0. The van der Waals surface area contributed by atoms with Gasteiger partial charge in [0, 0.05) is 6.04 Å². The molecule has 4 N–H and O–H groups in total. The fraction of sp³-hybridized carbons (Fsp3) is 0.600. The molecule has 0 unspecified atom stereocenters. The number of amidine groups is 1. The van der Waals surface area contributed by atoms with Crippen LogP contribution < -0.4 is 15.9 Å². The fourth-order valence-electron chi connectivity index (χ4n) is 1.92. The Kier molecular flexibility index (Phi) is 5.05. The SMILES string of the molecule is BNC1CCC(NC(=O)NC(=N)C=C)CC1. The highest BCUT2D eigenvalue weighted by Crippen LogP contribution is 2.17. The van der Waals surface area contributed by atoms with Crippen LogP contribution in [0.1, 0.15) is 25.7 Å². The lowest BCUT2D eigenvalue weighted by Crippen LogP contribution is -2.46. The maximum absolute atomic E-state index is 11.4. The van der Waals surface area contributed by atoms with Crippen LogP contribution in [0.3, 0.4) is 0 Å². The van der Waals surface area contributed by atoms with Gasteiger partial charge in [0.15, 0.2) is 7.98 Å². The van der Waals surface area contributed by atoms with Crippen molar-refractivity contribution in [3.8, 4) is 0 Å². The molecule has 0 heterocycles. The third-order valence-electron chi connectivity index (χ3n) is 2.92. The highest BCUT2D eigenvalue weighted by molar-refractivity contribution is 6.04. The van der Waals surface area contributed by atoms with E-state index in [9.17, 15) is 4.79 Å². The normalized spacial score (nSPS) is 24.5. The summed E-state index contributed by atoms with van der Waals surface area (Å²) in [4.78, 5) is 11.4. The molecule has 0 aromatic rings.